The normalized spacial score (nSPS) is 15.1. The molecule has 146 valence electrons. The summed E-state index contributed by atoms with van der Waals surface area (Å²) in [5.74, 6) is 0.740. The van der Waals surface area contributed by atoms with E-state index in [2.05, 4.69) is 49.4 Å². The summed E-state index contributed by atoms with van der Waals surface area (Å²) in [6, 6.07) is 10.6. The Morgan fingerprint density at radius 1 is 1.04 bits per heavy atom. The van der Waals surface area contributed by atoms with Crippen LogP contribution in [0.2, 0.25) is 0 Å². The molecule has 4 rings (SSSR count). The van der Waals surface area contributed by atoms with Crippen molar-refractivity contribution in [1.29, 1.82) is 0 Å². The lowest BCUT2D eigenvalue weighted by molar-refractivity contribution is 0.216. The van der Waals surface area contributed by atoms with Crippen molar-refractivity contribution in [3.8, 4) is 11.3 Å². The Hall–Kier alpha value is -2.77. The Kier molecular flexibility index (Phi) is 5.64. The topological polar surface area (TPSA) is 77.4 Å². The minimum Gasteiger partial charge on any atom is -0.396 e. The molecule has 1 aliphatic heterocycles. The molecule has 7 nitrogen and oxygen atoms in total. The van der Waals surface area contributed by atoms with E-state index in [0.717, 1.165) is 67.3 Å². The summed E-state index contributed by atoms with van der Waals surface area (Å²) in [5, 5.41) is 12.1. The number of nitrogens with zero attached hydrogens (tertiary/aromatic N) is 5. The van der Waals surface area contributed by atoms with E-state index in [1.165, 1.54) is 5.69 Å². The molecular weight excluding hydrogens is 352 g/mol. The number of aromatic nitrogens is 3. The molecule has 1 saturated heterocycles. The van der Waals surface area contributed by atoms with E-state index in [1.54, 1.807) is 12.4 Å². The maximum Gasteiger partial charge on any atom is 0.154 e. The number of fused-ring (bicyclic) bond motifs is 1. The SMILES string of the molecule is CNc1nc(-c2ccc(N3CCN(CCCO)CC3)cc2)cc2nccnc12. The minimum absolute atomic E-state index is 0.269. The largest absolute Gasteiger partial charge is 0.396 e. The van der Waals surface area contributed by atoms with Crippen LogP contribution in [0.1, 0.15) is 6.42 Å². The predicted molar refractivity (Wildman–Crippen MR) is 113 cm³/mol. The molecule has 1 aliphatic rings. The van der Waals surface area contributed by atoms with Gasteiger partial charge in [-0.3, -0.25) is 9.88 Å². The predicted octanol–water partition coefficient (Wildman–Crippen LogP) is 2.24. The van der Waals surface area contributed by atoms with Gasteiger partial charge in [-0.1, -0.05) is 12.1 Å². The molecule has 3 aromatic rings. The van der Waals surface area contributed by atoms with Gasteiger partial charge in [0.15, 0.2) is 5.82 Å². The maximum absolute atomic E-state index is 8.98. The summed E-state index contributed by atoms with van der Waals surface area (Å²) in [6.07, 6.45) is 4.24. The first-order valence-corrected chi connectivity index (χ1v) is 9.76. The van der Waals surface area contributed by atoms with Crippen molar-refractivity contribution in [3.63, 3.8) is 0 Å². The van der Waals surface area contributed by atoms with E-state index in [-0.39, 0.29) is 6.61 Å². The number of hydrogen-bond donors (Lipinski definition) is 2. The van der Waals surface area contributed by atoms with Gasteiger partial charge >= 0.3 is 0 Å². The van der Waals surface area contributed by atoms with Gasteiger partial charge in [0.2, 0.25) is 0 Å². The molecule has 3 heterocycles. The van der Waals surface area contributed by atoms with Crippen molar-refractivity contribution < 1.29 is 5.11 Å². The second kappa shape index (κ2) is 8.50. The van der Waals surface area contributed by atoms with Crippen molar-refractivity contribution >= 4 is 22.5 Å². The van der Waals surface area contributed by atoms with Crippen LogP contribution in [-0.4, -0.2) is 71.3 Å². The molecule has 1 aromatic carbocycles. The number of aliphatic hydroxyl groups excluding tert-OH is 1. The van der Waals surface area contributed by atoms with Crippen molar-refractivity contribution in [2.24, 2.45) is 0 Å². The van der Waals surface area contributed by atoms with Crippen LogP contribution in [0.15, 0.2) is 42.7 Å². The van der Waals surface area contributed by atoms with Gasteiger partial charge in [-0.25, -0.2) is 9.97 Å². The summed E-state index contributed by atoms with van der Waals surface area (Å²) in [6.45, 7) is 5.35. The van der Waals surface area contributed by atoms with Crippen LogP contribution in [0.5, 0.6) is 0 Å². The number of anilines is 2. The van der Waals surface area contributed by atoms with Gasteiger partial charge in [-0.15, -0.1) is 0 Å². The number of piperazine rings is 1. The summed E-state index contributed by atoms with van der Waals surface area (Å²) in [4.78, 5) is 18.3. The summed E-state index contributed by atoms with van der Waals surface area (Å²) in [7, 11) is 1.85. The molecule has 0 atom stereocenters. The van der Waals surface area contributed by atoms with E-state index in [0.29, 0.717) is 0 Å². The van der Waals surface area contributed by atoms with Crippen molar-refractivity contribution in [1.82, 2.24) is 19.9 Å². The van der Waals surface area contributed by atoms with E-state index < -0.39 is 0 Å². The Labute approximate surface area is 165 Å². The molecule has 0 unspecified atom stereocenters. The molecule has 0 aliphatic carbocycles. The fourth-order valence-electron chi connectivity index (χ4n) is 3.66. The highest BCUT2D eigenvalue weighted by Crippen LogP contribution is 2.27. The number of rotatable bonds is 6. The first-order chi connectivity index (χ1) is 13.8. The number of aliphatic hydroxyl groups is 1. The van der Waals surface area contributed by atoms with E-state index >= 15 is 0 Å². The highest BCUT2D eigenvalue weighted by atomic mass is 16.3. The van der Waals surface area contributed by atoms with E-state index in [4.69, 9.17) is 10.1 Å². The maximum atomic E-state index is 8.98. The smallest absolute Gasteiger partial charge is 0.154 e. The Morgan fingerprint density at radius 3 is 2.50 bits per heavy atom. The zero-order chi connectivity index (χ0) is 19.3. The van der Waals surface area contributed by atoms with Gasteiger partial charge in [0.05, 0.1) is 11.2 Å². The van der Waals surface area contributed by atoms with E-state index in [1.807, 2.05) is 13.1 Å². The molecule has 0 amide bonds. The summed E-state index contributed by atoms with van der Waals surface area (Å²) < 4.78 is 0. The van der Waals surface area contributed by atoms with Crippen LogP contribution in [0, 0.1) is 0 Å². The number of hydrogen-bond acceptors (Lipinski definition) is 7. The Morgan fingerprint density at radius 2 is 1.79 bits per heavy atom. The average Bonchev–Trinajstić information content (AvgIpc) is 2.77. The fraction of sp³-hybridized carbons (Fsp3) is 0.381. The van der Waals surface area contributed by atoms with Gasteiger partial charge in [-0.2, -0.15) is 0 Å². The van der Waals surface area contributed by atoms with Gasteiger partial charge in [0, 0.05) is 70.0 Å². The van der Waals surface area contributed by atoms with Crippen LogP contribution in [0.25, 0.3) is 22.3 Å². The number of benzene rings is 1. The molecule has 1 fully saturated rings. The van der Waals surface area contributed by atoms with Crippen molar-refractivity contribution in [3.05, 3.63) is 42.7 Å². The highest BCUT2D eigenvalue weighted by Gasteiger charge is 2.17. The van der Waals surface area contributed by atoms with Gasteiger partial charge in [-0.05, 0) is 24.6 Å². The zero-order valence-electron chi connectivity index (χ0n) is 16.2. The number of nitrogens with one attached hydrogen (secondary N) is 1. The van der Waals surface area contributed by atoms with Gasteiger partial charge in [0.25, 0.3) is 0 Å². The van der Waals surface area contributed by atoms with Crippen LogP contribution >= 0.6 is 0 Å². The third kappa shape index (κ3) is 3.90. The third-order valence-corrected chi connectivity index (χ3v) is 5.23. The standard InChI is InChI=1S/C21H26N6O/c1-22-21-20-19(23-7-8-24-20)15-18(25-21)16-3-5-17(6-4-16)27-12-10-26(11-13-27)9-2-14-28/h3-8,15,28H,2,9-14H2,1H3,(H,22,25). The second-order valence-electron chi connectivity index (χ2n) is 6.98. The molecule has 0 bridgehead atoms. The Balaban J connectivity index is 1.50. The van der Waals surface area contributed by atoms with E-state index in [9.17, 15) is 0 Å². The molecule has 0 saturated carbocycles. The second-order valence-corrected chi connectivity index (χ2v) is 6.98. The molecular formula is C21H26N6O. The van der Waals surface area contributed by atoms with Gasteiger partial charge in [0.1, 0.15) is 5.52 Å². The van der Waals surface area contributed by atoms with Crippen LogP contribution < -0.4 is 10.2 Å². The molecule has 28 heavy (non-hydrogen) atoms. The zero-order valence-corrected chi connectivity index (χ0v) is 16.2. The molecule has 2 N–H and O–H groups in total. The fourth-order valence-corrected chi connectivity index (χ4v) is 3.66. The first-order valence-electron chi connectivity index (χ1n) is 9.76. The van der Waals surface area contributed by atoms with Gasteiger partial charge < -0.3 is 15.3 Å². The van der Waals surface area contributed by atoms with Crippen LogP contribution in [0.3, 0.4) is 0 Å². The lowest BCUT2D eigenvalue weighted by atomic mass is 10.1. The average molecular weight is 378 g/mol. The number of pyridine rings is 1. The minimum atomic E-state index is 0.269. The summed E-state index contributed by atoms with van der Waals surface area (Å²) >= 11 is 0. The van der Waals surface area contributed by atoms with Crippen LogP contribution in [-0.2, 0) is 0 Å². The highest BCUT2D eigenvalue weighted by molar-refractivity contribution is 5.88. The monoisotopic (exact) mass is 378 g/mol. The lowest BCUT2D eigenvalue weighted by Gasteiger charge is -2.36. The van der Waals surface area contributed by atoms with Crippen molar-refractivity contribution in [2.75, 3.05) is 56.6 Å². The molecule has 0 radical (unpaired) electrons. The first kappa shape index (κ1) is 18.6. The Bertz CT molecular complexity index is 922. The quantitative estimate of drug-likeness (QED) is 0.681. The third-order valence-electron chi connectivity index (χ3n) is 5.23. The van der Waals surface area contributed by atoms with Crippen LogP contribution in [0.4, 0.5) is 11.5 Å². The lowest BCUT2D eigenvalue weighted by Crippen LogP contribution is -2.46. The van der Waals surface area contributed by atoms with Crippen molar-refractivity contribution in [2.45, 2.75) is 6.42 Å². The summed E-state index contributed by atoms with van der Waals surface area (Å²) in [5.41, 5.74) is 4.80. The molecule has 7 heteroatoms. The molecule has 0 spiro atoms. The molecule has 2 aromatic heterocycles.